The van der Waals surface area contributed by atoms with Crippen LogP contribution < -0.4 is 5.43 Å². The Morgan fingerprint density at radius 3 is 2.30 bits per heavy atom. The minimum Gasteiger partial charge on any atom is -0.457 e. The van der Waals surface area contributed by atoms with Crippen molar-refractivity contribution < 1.29 is 14.0 Å². The zero-order valence-corrected chi connectivity index (χ0v) is 19.9. The second kappa shape index (κ2) is 8.89. The van der Waals surface area contributed by atoms with E-state index in [1.165, 1.54) is 0 Å². The zero-order chi connectivity index (χ0) is 21.3. The fourth-order valence-electron chi connectivity index (χ4n) is 2.66. The van der Waals surface area contributed by atoms with E-state index in [1.807, 2.05) is 30.3 Å². The molecule has 0 bridgehead atoms. The predicted octanol–water partition coefficient (Wildman–Crippen LogP) is 6.02. The van der Waals surface area contributed by atoms with Crippen molar-refractivity contribution in [3.63, 3.8) is 0 Å². The molecule has 1 aromatic heterocycles. The summed E-state index contributed by atoms with van der Waals surface area (Å²) >= 11 is 13.1. The van der Waals surface area contributed by atoms with E-state index < -0.39 is 11.8 Å². The monoisotopic (exact) mass is 562 g/mol. The van der Waals surface area contributed by atoms with Gasteiger partial charge in [0, 0.05) is 26.1 Å². The summed E-state index contributed by atoms with van der Waals surface area (Å²) in [5, 5.41) is 1.08. The Bertz CT molecular complexity index is 1170. The lowest BCUT2D eigenvalue weighted by atomic mass is 10.2. The first-order chi connectivity index (χ1) is 14.4. The normalized spacial score (nSPS) is 15.1. The van der Waals surface area contributed by atoms with E-state index in [2.05, 4.69) is 37.3 Å². The average molecular weight is 564 g/mol. The maximum atomic E-state index is 12.7. The van der Waals surface area contributed by atoms with Crippen molar-refractivity contribution in [2.75, 3.05) is 0 Å². The molecule has 3 aromatic rings. The molecule has 0 atom stereocenters. The van der Waals surface area contributed by atoms with Gasteiger partial charge < -0.3 is 4.42 Å². The predicted molar refractivity (Wildman–Crippen MR) is 128 cm³/mol. The van der Waals surface area contributed by atoms with Gasteiger partial charge in [-0.15, -0.1) is 0 Å². The van der Waals surface area contributed by atoms with Crippen molar-refractivity contribution in [1.82, 2.24) is 10.4 Å². The third-order valence-corrected chi connectivity index (χ3v) is 6.50. The van der Waals surface area contributed by atoms with Gasteiger partial charge in [-0.25, -0.2) is 0 Å². The third kappa shape index (κ3) is 4.59. The fraction of sp³-hybridized carbons (Fsp3) is 0. The van der Waals surface area contributed by atoms with Crippen LogP contribution in [0.3, 0.4) is 0 Å². The van der Waals surface area contributed by atoms with Gasteiger partial charge in [-0.1, -0.05) is 55.8 Å². The maximum Gasteiger partial charge on any atom is 0.285 e. The molecule has 0 unspecified atom stereocenters. The van der Waals surface area contributed by atoms with Gasteiger partial charge in [0.25, 0.3) is 11.8 Å². The second-order valence-corrected chi connectivity index (χ2v) is 9.68. The topological polar surface area (TPSA) is 62.6 Å². The first-order valence-electron chi connectivity index (χ1n) is 8.61. The zero-order valence-electron chi connectivity index (χ0n) is 15.1. The summed E-state index contributed by atoms with van der Waals surface area (Å²) in [6.45, 7) is 0. The van der Waals surface area contributed by atoms with Crippen molar-refractivity contribution >= 4 is 78.1 Å². The lowest BCUT2D eigenvalue weighted by Gasteiger charge is -2.15. The molecule has 0 aliphatic carbocycles. The lowest BCUT2D eigenvalue weighted by molar-refractivity contribution is -0.123. The van der Waals surface area contributed by atoms with Crippen LogP contribution in [-0.2, 0) is 4.79 Å². The molecule has 30 heavy (non-hydrogen) atoms. The number of carbonyl (C=O) groups excluding carboxylic acids is 2. The van der Waals surface area contributed by atoms with Crippen LogP contribution in [0.2, 0.25) is 0 Å². The number of rotatable bonds is 4. The molecular weight excluding hydrogens is 552 g/mol. The molecule has 9 heteroatoms. The molecule has 0 spiro atoms. The van der Waals surface area contributed by atoms with Crippen molar-refractivity contribution in [2.24, 2.45) is 0 Å². The highest BCUT2D eigenvalue weighted by Gasteiger charge is 2.34. The number of hydrogen-bond donors (Lipinski definition) is 1. The molecule has 2 heterocycles. The molecule has 0 saturated carbocycles. The number of nitrogens with one attached hydrogen (secondary N) is 1. The van der Waals surface area contributed by atoms with E-state index in [-0.39, 0.29) is 4.32 Å². The van der Waals surface area contributed by atoms with Crippen molar-refractivity contribution in [3.8, 4) is 11.3 Å². The van der Waals surface area contributed by atoms with Gasteiger partial charge >= 0.3 is 0 Å². The Balaban J connectivity index is 1.49. The maximum absolute atomic E-state index is 12.7. The van der Waals surface area contributed by atoms with E-state index in [0.717, 1.165) is 31.3 Å². The highest BCUT2D eigenvalue weighted by atomic mass is 79.9. The minimum atomic E-state index is -0.421. The van der Waals surface area contributed by atoms with Gasteiger partial charge in [0.15, 0.2) is 4.32 Å². The summed E-state index contributed by atoms with van der Waals surface area (Å²) in [5.41, 5.74) is 3.90. The third-order valence-electron chi connectivity index (χ3n) is 4.14. The van der Waals surface area contributed by atoms with Crippen LogP contribution in [0, 0.1) is 0 Å². The van der Waals surface area contributed by atoms with Crippen molar-refractivity contribution in [2.45, 2.75) is 0 Å². The number of hydrazine groups is 1. The summed E-state index contributed by atoms with van der Waals surface area (Å²) in [7, 11) is 0. The standard InChI is InChI=1S/C21H12Br2N2O3S2/c22-14-5-1-12(2-6-14)17-10-9-16(28-17)11-18-20(27)25(21(29)30-18)24-19(26)13-3-7-15(23)8-4-13/h1-11H,(H,24,26)/b18-11+. The number of halogens is 2. The number of hydrogen-bond acceptors (Lipinski definition) is 5. The molecule has 1 fully saturated rings. The molecule has 1 aliphatic rings. The molecule has 1 saturated heterocycles. The second-order valence-electron chi connectivity index (χ2n) is 6.17. The van der Waals surface area contributed by atoms with Gasteiger partial charge in [-0.3, -0.25) is 15.0 Å². The number of benzene rings is 2. The van der Waals surface area contributed by atoms with E-state index in [9.17, 15) is 9.59 Å². The van der Waals surface area contributed by atoms with Crippen LogP contribution in [-0.4, -0.2) is 21.1 Å². The van der Waals surface area contributed by atoms with Crippen molar-refractivity contribution in [3.05, 3.63) is 85.8 Å². The summed E-state index contributed by atoms with van der Waals surface area (Å²) in [5.74, 6) is 0.382. The van der Waals surface area contributed by atoms with E-state index in [0.29, 0.717) is 22.0 Å². The van der Waals surface area contributed by atoms with Crippen LogP contribution in [0.1, 0.15) is 16.1 Å². The molecule has 2 aromatic carbocycles. The number of furan rings is 1. The quantitative estimate of drug-likeness (QED) is 0.311. The number of amides is 2. The van der Waals surface area contributed by atoms with Gasteiger partial charge in [0.1, 0.15) is 11.5 Å². The number of thioether (sulfide) groups is 1. The first-order valence-corrected chi connectivity index (χ1v) is 11.4. The van der Waals surface area contributed by atoms with E-state index >= 15 is 0 Å². The molecular formula is C21H12Br2N2O3S2. The Morgan fingerprint density at radius 1 is 1.00 bits per heavy atom. The molecule has 150 valence electrons. The van der Waals surface area contributed by atoms with Crippen molar-refractivity contribution in [1.29, 1.82) is 0 Å². The van der Waals surface area contributed by atoms with Gasteiger partial charge in [-0.05, 0) is 60.7 Å². The SMILES string of the molecule is O=C(NN1C(=O)/C(=C\c2ccc(-c3ccc(Br)cc3)o2)SC1=S)c1ccc(Br)cc1. The van der Waals surface area contributed by atoms with Crippen LogP contribution in [0.5, 0.6) is 0 Å². The lowest BCUT2D eigenvalue weighted by Crippen LogP contribution is -2.44. The van der Waals surface area contributed by atoms with Crippen LogP contribution >= 0.6 is 55.8 Å². The Morgan fingerprint density at radius 2 is 1.63 bits per heavy atom. The van der Waals surface area contributed by atoms with Gasteiger partial charge in [0.05, 0.1) is 4.91 Å². The molecule has 1 aliphatic heterocycles. The molecule has 5 nitrogen and oxygen atoms in total. The fourth-order valence-corrected chi connectivity index (χ4v) is 4.35. The highest BCUT2D eigenvalue weighted by Crippen LogP contribution is 2.33. The van der Waals surface area contributed by atoms with Gasteiger partial charge in [0.2, 0.25) is 0 Å². The Kier molecular flexibility index (Phi) is 6.24. The number of nitrogens with zero attached hydrogens (tertiary/aromatic N) is 1. The number of thiocarbonyl (C=S) groups is 1. The van der Waals surface area contributed by atoms with Gasteiger partial charge in [-0.2, -0.15) is 5.01 Å². The molecule has 2 amide bonds. The minimum absolute atomic E-state index is 0.247. The van der Waals surface area contributed by atoms with E-state index in [1.54, 1.807) is 36.4 Å². The summed E-state index contributed by atoms with van der Waals surface area (Å²) in [6.07, 6.45) is 1.62. The highest BCUT2D eigenvalue weighted by molar-refractivity contribution is 9.10. The summed E-state index contributed by atoms with van der Waals surface area (Å²) in [4.78, 5) is 25.5. The Hall–Kier alpha value is -2.20. The Labute approximate surface area is 198 Å². The van der Waals surface area contributed by atoms with E-state index in [4.69, 9.17) is 16.6 Å². The molecule has 4 rings (SSSR count). The number of carbonyl (C=O) groups is 2. The first kappa shape index (κ1) is 21.0. The van der Waals surface area contributed by atoms with Crippen LogP contribution in [0.25, 0.3) is 17.4 Å². The summed E-state index contributed by atoms with van der Waals surface area (Å²) < 4.78 is 7.92. The van der Waals surface area contributed by atoms with Crippen LogP contribution in [0.4, 0.5) is 0 Å². The average Bonchev–Trinajstić information content (AvgIpc) is 3.29. The molecule has 1 N–H and O–H groups in total. The smallest absolute Gasteiger partial charge is 0.285 e. The largest absolute Gasteiger partial charge is 0.457 e. The van der Waals surface area contributed by atoms with Crippen LogP contribution in [0.15, 0.2) is 78.9 Å². The molecule has 0 radical (unpaired) electrons. The summed E-state index contributed by atoms with van der Waals surface area (Å²) in [6, 6.07) is 18.1.